The molecule has 1 fully saturated rings. The second-order valence-corrected chi connectivity index (χ2v) is 12.3. The van der Waals surface area contributed by atoms with Gasteiger partial charge in [0.1, 0.15) is 27.1 Å². The molecule has 3 aromatic rings. The molecule has 0 radical (unpaired) electrons. The lowest BCUT2D eigenvalue weighted by Gasteiger charge is -2.49. The number of fused-ring (bicyclic) bond motifs is 2. The highest BCUT2D eigenvalue weighted by molar-refractivity contribution is 8.00. The predicted octanol–water partition coefficient (Wildman–Crippen LogP) is 2.46. The molecule has 0 spiro atoms. The van der Waals surface area contributed by atoms with Crippen LogP contribution in [0, 0.1) is 0 Å². The summed E-state index contributed by atoms with van der Waals surface area (Å²) >= 11 is 14.9. The zero-order valence-corrected chi connectivity index (χ0v) is 22.0. The van der Waals surface area contributed by atoms with Crippen molar-refractivity contribution in [2.45, 2.75) is 11.4 Å². The third-order valence-electron chi connectivity index (χ3n) is 5.23. The molecule has 35 heavy (non-hydrogen) atoms. The third-order valence-corrected chi connectivity index (χ3v) is 10.0. The number of aromatic nitrogens is 1. The minimum Gasteiger partial charge on any atom is -0.410 e. The molecule has 0 aromatic carbocycles. The molecule has 0 saturated carbocycles. The van der Waals surface area contributed by atoms with Gasteiger partial charge < -0.3 is 16.3 Å². The first-order valence-electron chi connectivity index (χ1n) is 9.59. The summed E-state index contributed by atoms with van der Waals surface area (Å²) in [5, 5.41) is 15.5. The maximum atomic E-state index is 13.0. The number of thioether (sulfide) groups is 1. The molecule has 1 unspecified atom stereocenters. The van der Waals surface area contributed by atoms with Crippen molar-refractivity contribution in [1.29, 1.82) is 0 Å². The lowest BCUT2D eigenvalue weighted by atomic mass is 10.0. The van der Waals surface area contributed by atoms with Crippen molar-refractivity contribution in [2.75, 3.05) is 11.5 Å². The van der Waals surface area contributed by atoms with Gasteiger partial charge in [-0.05, 0) is 11.4 Å². The number of thiol groups is 1. The molecule has 10 nitrogen and oxygen atoms in total. The molecule has 4 N–H and O–H groups in total. The molecule has 2 aliphatic rings. The van der Waals surface area contributed by atoms with Crippen molar-refractivity contribution < 1.29 is 19.6 Å². The van der Waals surface area contributed by atoms with Gasteiger partial charge in [-0.2, -0.15) is 0 Å². The molecule has 16 heteroatoms. The number of oxime groups is 1. The molecule has 2 aliphatic heterocycles. The average Bonchev–Trinajstić information content (AvgIpc) is 3.43. The van der Waals surface area contributed by atoms with Gasteiger partial charge in [0.25, 0.3) is 11.8 Å². The maximum Gasteiger partial charge on any atom is 0.276 e. The molecule has 180 valence electrons. The van der Waals surface area contributed by atoms with Gasteiger partial charge >= 0.3 is 0 Å². The number of hydrogen-bond acceptors (Lipinski definition) is 12. The fraction of sp³-hybridized carbons (Fsp3) is 0.158. The first-order chi connectivity index (χ1) is 16.7. The lowest BCUT2D eigenvalue weighted by Crippen LogP contribution is -2.70. The minimum atomic E-state index is -0.999. The van der Waals surface area contributed by atoms with E-state index in [4.69, 9.17) is 17.3 Å². The van der Waals surface area contributed by atoms with Crippen molar-refractivity contribution >= 4 is 113 Å². The number of rotatable bonds is 5. The van der Waals surface area contributed by atoms with Gasteiger partial charge in [0.15, 0.2) is 16.3 Å². The Kier molecular flexibility index (Phi) is 6.39. The van der Waals surface area contributed by atoms with Crippen LogP contribution in [0.4, 0.5) is 5.13 Å². The Balaban J connectivity index is 1.44. The van der Waals surface area contributed by atoms with E-state index in [1.54, 1.807) is 0 Å². The summed E-state index contributed by atoms with van der Waals surface area (Å²) < 4.78 is 1.47. The Labute approximate surface area is 222 Å². The number of thiophene rings is 1. The van der Waals surface area contributed by atoms with E-state index in [1.165, 1.54) is 45.4 Å². The minimum absolute atomic E-state index is 0.0520. The van der Waals surface area contributed by atoms with E-state index in [0.29, 0.717) is 20.9 Å². The standard InChI is InChI=1S/C19H12ClN5O5S5/c20-14-9(23-19(21)35-14)10(24-30)15(27)22-11-16(28)25-12(18(29)31)5(4-33-17(11)25)8-3-6(26)13-7(34-8)1-2-32-13/h1-3,11,17,30H,4H2,(H2,21,23)(H,22,27)(H,29,31)/t11?,17-/m1/s1. The molecule has 2 amide bonds. The SMILES string of the molecule is Nc1nc(C(=NO)C(=O)NC2C(=O)N3C(C(=O)S)=C(c4cc(=O)c5sccc5s4)CS[C@H]23)c(Cl)s1. The number of carbonyl (C=O) groups is 3. The number of nitrogens with two attached hydrogens (primary N) is 1. The highest BCUT2D eigenvalue weighted by atomic mass is 35.5. The zero-order chi connectivity index (χ0) is 25.0. The number of halogens is 1. The summed E-state index contributed by atoms with van der Waals surface area (Å²) in [6, 6.07) is 2.30. The number of nitrogens with one attached hydrogen (secondary N) is 1. The van der Waals surface area contributed by atoms with Crippen LogP contribution in [0.25, 0.3) is 15.0 Å². The van der Waals surface area contributed by atoms with Crippen LogP contribution in [0.15, 0.2) is 33.2 Å². The average molecular weight is 586 g/mol. The largest absolute Gasteiger partial charge is 0.410 e. The molecule has 5 rings (SSSR count). The Morgan fingerprint density at radius 2 is 2.11 bits per heavy atom. The third kappa shape index (κ3) is 4.05. The van der Waals surface area contributed by atoms with Gasteiger partial charge in [-0.1, -0.05) is 40.7 Å². The normalized spacial score (nSPS) is 20.1. The Bertz CT molecular complexity index is 1540. The summed E-state index contributed by atoms with van der Waals surface area (Å²) in [5.74, 6) is -1.12. The summed E-state index contributed by atoms with van der Waals surface area (Å²) in [7, 11) is 0. The highest BCUT2D eigenvalue weighted by Crippen LogP contribution is 2.45. The van der Waals surface area contributed by atoms with E-state index >= 15 is 0 Å². The van der Waals surface area contributed by atoms with E-state index in [2.05, 4.69) is 28.1 Å². The van der Waals surface area contributed by atoms with E-state index in [9.17, 15) is 24.4 Å². The topological polar surface area (TPSA) is 155 Å². The molecule has 0 aliphatic carbocycles. The van der Waals surface area contributed by atoms with Crippen molar-refractivity contribution in [3.8, 4) is 0 Å². The fourth-order valence-corrected chi connectivity index (χ4v) is 8.43. The van der Waals surface area contributed by atoms with Gasteiger partial charge in [0.05, 0.1) is 4.70 Å². The highest BCUT2D eigenvalue weighted by Gasteiger charge is 2.54. The second kappa shape index (κ2) is 9.22. The number of anilines is 1. The Morgan fingerprint density at radius 1 is 1.34 bits per heavy atom. The van der Waals surface area contributed by atoms with Gasteiger partial charge in [-0.3, -0.25) is 24.1 Å². The summed E-state index contributed by atoms with van der Waals surface area (Å²) in [6.07, 6.45) is 0. The van der Waals surface area contributed by atoms with Gasteiger partial charge in [0.2, 0.25) is 5.12 Å². The van der Waals surface area contributed by atoms with E-state index in [-0.39, 0.29) is 26.3 Å². The quantitative estimate of drug-likeness (QED) is 0.117. The van der Waals surface area contributed by atoms with E-state index < -0.39 is 34.1 Å². The predicted molar refractivity (Wildman–Crippen MR) is 142 cm³/mol. The Hall–Kier alpha value is -2.43. The van der Waals surface area contributed by atoms with Crippen molar-refractivity contribution in [3.63, 3.8) is 0 Å². The number of nitrogen functional groups attached to an aromatic ring is 1. The zero-order valence-electron chi connectivity index (χ0n) is 17.1. The summed E-state index contributed by atoms with van der Waals surface area (Å²) in [6.45, 7) is 0. The summed E-state index contributed by atoms with van der Waals surface area (Å²) in [5.41, 5.74) is 5.42. The van der Waals surface area contributed by atoms with Crippen LogP contribution < -0.4 is 16.5 Å². The monoisotopic (exact) mass is 585 g/mol. The van der Waals surface area contributed by atoms with Crippen molar-refractivity contribution in [3.05, 3.63) is 48.3 Å². The van der Waals surface area contributed by atoms with Gasteiger partial charge in [0, 0.05) is 27.0 Å². The van der Waals surface area contributed by atoms with Crippen LogP contribution >= 0.6 is 70.0 Å². The number of thiazole rings is 1. The van der Waals surface area contributed by atoms with Crippen LogP contribution in [0.2, 0.25) is 4.34 Å². The Morgan fingerprint density at radius 3 is 2.77 bits per heavy atom. The van der Waals surface area contributed by atoms with Crippen LogP contribution in [0.3, 0.4) is 0 Å². The van der Waals surface area contributed by atoms with Crippen LogP contribution in [0.1, 0.15) is 10.6 Å². The molecular weight excluding hydrogens is 574 g/mol. The number of carbonyl (C=O) groups excluding carboxylic acids is 3. The lowest BCUT2D eigenvalue weighted by molar-refractivity contribution is -0.145. The first-order valence-corrected chi connectivity index (χ1v) is 14.0. The fourth-order valence-electron chi connectivity index (χ4n) is 3.72. The number of β-lactam (4-membered cyclic amide) rings is 1. The van der Waals surface area contributed by atoms with Crippen LogP contribution in [-0.4, -0.2) is 54.9 Å². The second-order valence-electron chi connectivity index (χ2n) is 7.21. The van der Waals surface area contributed by atoms with E-state index in [1.807, 2.05) is 11.4 Å². The smallest absolute Gasteiger partial charge is 0.276 e. The van der Waals surface area contributed by atoms with Crippen molar-refractivity contribution in [2.24, 2.45) is 5.16 Å². The van der Waals surface area contributed by atoms with Crippen molar-refractivity contribution in [1.82, 2.24) is 15.2 Å². The number of hydrogen-bond donors (Lipinski definition) is 4. The van der Waals surface area contributed by atoms with Crippen LogP contribution in [0.5, 0.6) is 0 Å². The molecule has 0 bridgehead atoms. The molecule has 3 aromatic heterocycles. The van der Waals surface area contributed by atoms with Gasteiger partial charge in [-0.25, -0.2) is 4.98 Å². The number of nitrogens with zero attached hydrogens (tertiary/aromatic N) is 3. The maximum absolute atomic E-state index is 13.0. The first kappa shape index (κ1) is 24.3. The van der Waals surface area contributed by atoms with Crippen LogP contribution in [-0.2, 0) is 14.4 Å². The number of amides is 2. The molecule has 5 heterocycles. The molecular formula is C19H12ClN5O5S5. The molecule has 1 saturated heterocycles. The molecule has 2 atom stereocenters. The van der Waals surface area contributed by atoms with E-state index in [0.717, 1.165) is 16.0 Å². The van der Waals surface area contributed by atoms with Gasteiger partial charge in [-0.15, -0.1) is 34.4 Å². The summed E-state index contributed by atoms with van der Waals surface area (Å²) in [4.78, 5) is 56.5.